The molecule has 1 aromatic heterocycles. The van der Waals surface area contributed by atoms with Crippen LogP contribution in [0.5, 0.6) is 0 Å². The molecule has 5 N–H and O–H groups in total. The van der Waals surface area contributed by atoms with E-state index in [0.29, 0.717) is 0 Å². The minimum absolute atomic E-state index is 0.00613. The summed E-state index contributed by atoms with van der Waals surface area (Å²) in [6.07, 6.45) is -2.34. The Kier molecular flexibility index (Phi) is 3.94. The Hall–Kier alpha value is -2.40. The third kappa shape index (κ3) is 2.23. The van der Waals surface area contributed by atoms with Crippen molar-refractivity contribution in [3.8, 4) is 0 Å². The molecule has 4 atom stereocenters. The van der Waals surface area contributed by atoms with Gasteiger partial charge in [-0.3, -0.25) is 4.57 Å². The molecule has 0 saturated carbocycles. The summed E-state index contributed by atoms with van der Waals surface area (Å²) < 4.78 is 21.1. The van der Waals surface area contributed by atoms with Gasteiger partial charge in [0.25, 0.3) is 5.62 Å². The minimum Gasteiger partial charge on any atom is -0.408 e. The summed E-state index contributed by atoms with van der Waals surface area (Å²) in [5.74, 6) is 0.00613. The lowest BCUT2D eigenvalue weighted by Gasteiger charge is -2.26. The van der Waals surface area contributed by atoms with Gasteiger partial charge in [-0.2, -0.15) is 4.98 Å². The average molecular weight is 315 g/mol. The molecule has 1 aromatic rings. The van der Waals surface area contributed by atoms with E-state index in [-0.39, 0.29) is 5.82 Å². The monoisotopic (exact) mass is 315 g/mol. The van der Waals surface area contributed by atoms with E-state index in [1.54, 1.807) is 0 Å². The van der Waals surface area contributed by atoms with E-state index in [1.807, 2.05) is 0 Å². The van der Waals surface area contributed by atoms with Crippen molar-refractivity contribution in [2.75, 3.05) is 12.3 Å². The number of halogens is 1. The summed E-state index contributed by atoms with van der Waals surface area (Å²) in [7, 11) is 0. The minimum atomic E-state index is -2.49. The summed E-state index contributed by atoms with van der Waals surface area (Å²) >= 11 is 0. The number of anilines is 1. The number of nitrogen functional groups attached to an aromatic ring is 1. The van der Waals surface area contributed by atoms with E-state index in [9.17, 15) is 14.6 Å². The molecule has 0 spiro atoms. The smallest absolute Gasteiger partial charge is 0.270 e. The molecule has 2 rings (SSSR count). The first kappa shape index (κ1) is 16.0. The van der Waals surface area contributed by atoms with Gasteiger partial charge in [0, 0.05) is 11.1 Å². The van der Waals surface area contributed by atoms with Gasteiger partial charge in [0.1, 0.15) is 11.9 Å². The van der Waals surface area contributed by atoms with E-state index in [1.165, 1.54) is 12.3 Å². The van der Waals surface area contributed by atoms with E-state index < -0.39 is 36.0 Å². The molecule has 1 fully saturated rings. The highest BCUT2D eigenvalue weighted by Gasteiger charge is 2.63. The van der Waals surface area contributed by atoms with Crippen molar-refractivity contribution in [2.24, 2.45) is 10.3 Å². The number of aliphatic hydroxyl groups excluding tert-OH is 2. The van der Waals surface area contributed by atoms with Crippen LogP contribution in [0, 0.1) is 0 Å². The van der Waals surface area contributed by atoms with E-state index >= 15 is 0 Å². The molecule has 11 nitrogen and oxygen atoms in total. The number of hydrogen-bond acceptors (Lipinski definition) is 8. The van der Waals surface area contributed by atoms with Gasteiger partial charge in [-0.25, -0.2) is 4.39 Å². The molecule has 1 saturated heterocycles. The predicted molar refractivity (Wildman–Crippen MR) is 68.6 cm³/mol. The van der Waals surface area contributed by atoms with Crippen LogP contribution in [0.25, 0.3) is 10.4 Å². The Bertz CT molecular complexity index is 686. The highest BCUT2D eigenvalue weighted by atomic mass is 19.1. The van der Waals surface area contributed by atoms with Crippen molar-refractivity contribution in [3.63, 3.8) is 0 Å². The summed E-state index contributed by atoms with van der Waals surface area (Å²) in [6.45, 7) is 0.0277. The van der Waals surface area contributed by atoms with E-state index in [2.05, 4.69) is 20.2 Å². The first-order chi connectivity index (χ1) is 10.3. The van der Waals surface area contributed by atoms with Crippen LogP contribution in [0.3, 0.4) is 0 Å². The molecule has 0 bridgehead atoms. The third-order valence-electron chi connectivity index (χ3n) is 3.41. The summed E-state index contributed by atoms with van der Waals surface area (Å²) in [6, 6.07) is 1.28. The van der Waals surface area contributed by atoms with Crippen molar-refractivity contribution in [3.05, 3.63) is 28.3 Å². The number of aliphatic hydroxyl groups is 2. The molecule has 1 aliphatic rings. The Balaban J connectivity index is 2.60. The van der Waals surface area contributed by atoms with Gasteiger partial charge in [-0.05, 0) is 23.7 Å². The van der Waals surface area contributed by atoms with Crippen LogP contribution in [0.2, 0.25) is 0 Å². The molecule has 0 aromatic carbocycles. The Morgan fingerprint density at radius 2 is 2.36 bits per heavy atom. The van der Waals surface area contributed by atoms with Gasteiger partial charge in [-0.15, -0.1) is 0 Å². The highest BCUT2D eigenvalue weighted by Crippen LogP contribution is 2.46. The van der Waals surface area contributed by atoms with Gasteiger partial charge in [0.15, 0.2) is 11.9 Å². The molecular formula is C10H14FN7O4. The van der Waals surface area contributed by atoms with Crippen LogP contribution < -0.4 is 11.4 Å². The standard InChI is InChI=1S/C10H14FN7O4/c1-9(11)6(20)10(4-19,16-17-13)22-7(9)18-3-2-5(12)14-8(18)15-21/h2-3,6-7,19-21H,4H2,1H3,(H2,12,14,15)/t6-,7+,9+,10+/m0/s1. The fraction of sp³-hybridized carbons (Fsp3) is 0.600. The lowest BCUT2D eigenvalue weighted by atomic mass is 9.95. The number of azide groups is 1. The number of hydrogen-bond donors (Lipinski definition) is 4. The molecule has 2 heterocycles. The molecule has 120 valence electrons. The van der Waals surface area contributed by atoms with Crippen molar-refractivity contribution in [1.82, 2.24) is 9.55 Å². The maximum absolute atomic E-state index is 14.9. The first-order valence-corrected chi connectivity index (χ1v) is 6.07. The zero-order valence-electron chi connectivity index (χ0n) is 11.4. The van der Waals surface area contributed by atoms with Crippen LogP contribution in [0.1, 0.15) is 13.2 Å². The first-order valence-electron chi connectivity index (χ1n) is 6.07. The second-order valence-electron chi connectivity index (χ2n) is 4.88. The molecule has 0 unspecified atom stereocenters. The van der Waals surface area contributed by atoms with Crippen molar-refractivity contribution in [2.45, 2.75) is 30.6 Å². The fourth-order valence-electron chi connectivity index (χ4n) is 2.28. The molecule has 0 radical (unpaired) electrons. The normalized spacial score (nSPS) is 35.4. The number of alkyl halides is 1. The molecule has 0 aliphatic carbocycles. The number of nitrogens with zero attached hydrogens (tertiary/aromatic N) is 6. The molecule has 1 aliphatic heterocycles. The summed E-state index contributed by atoms with van der Waals surface area (Å²) in [4.78, 5) is 6.13. The largest absolute Gasteiger partial charge is 0.408 e. The van der Waals surface area contributed by atoms with Gasteiger partial charge in [0.05, 0.1) is 6.61 Å². The summed E-state index contributed by atoms with van der Waals surface area (Å²) in [5, 5.41) is 34.4. The van der Waals surface area contributed by atoms with Crippen LogP contribution in [-0.2, 0) is 4.74 Å². The van der Waals surface area contributed by atoms with E-state index in [0.717, 1.165) is 11.5 Å². The van der Waals surface area contributed by atoms with Gasteiger partial charge in [-0.1, -0.05) is 5.11 Å². The Morgan fingerprint density at radius 1 is 1.68 bits per heavy atom. The van der Waals surface area contributed by atoms with Gasteiger partial charge < -0.3 is 25.9 Å². The highest BCUT2D eigenvalue weighted by molar-refractivity contribution is 5.24. The molecule has 12 heteroatoms. The van der Waals surface area contributed by atoms with Crippen molar-refractivity contribution in [1.29, 1.82) is 0 Å². The van der Waals surface area contributed by atoms with Crippen molar-refractivity contribution < 1.29 is 24.5 Å². The second-order valence-corrected chi connectivity index (χ2v) is 4.88. The quantitative estimate of drug-likeness (QED) is 0.190. The maximum Gasteiger partial charge on any atom is 0.270 e. The summed E-state index contributed by atoms with van der Waals surface area (Å²) in [5.41, 5.74) is 8.88. The van der Waals surface area contributed by atoms with Crippen LogP contribution in [0.15, 0.2) is 22.5 Å². The number of nitrogens with two attached hydrogens (primary N) is 1. The van der Waals surface area contributed by atoms with Crippen molar-refractivity contribution >= 4 is 5.82 Å². The lowest BCUT2D eigenvalue weighted by Crippen LogP contribution is -2.48. The molecular weight excluding hydrogens is 301 g/mol. The Morgan fingerprint density at radius 3 is 2.91 bits per heavy atom. The topological polar surface area (TPSA) is 175 Å². The van der Waals surface area contributed by atoms with Crippen LogP contribution in [-0.4, -0.2) is 49.1 Å². The lowest BCUT2D eigenvalue weighted by molar-refractivity contribution is -0.126. The molecule has 0 amide bonds. The molecule has 22 heavy (non-hydrogen) atoms. The maximum atomic E-state index is 14.9. The predicted octanol–water partition coefficient (Wildman–Crippen LogP) is -0.628. The second kappa shape index (κ2) is 5.42. The van der Waals surface area contributed by atoms with Gasteiger partial charge in [0.2, 0.25) is 5.72 Å². The number of rotatable bonds is 3. The number of aromatic nitrogens is 2. The average Bonchev–Trinajstić information content (AvgIpc) is 2.69. The zero-order chi connectivity index (χ0) is 16.5. The Labute approximate surface area is 122 Å². The van der Waals surface area contributed by atoms with Crippen LogP contribution >= 0.6 is 0 Å². The number of ether oxygens (including phenoxy) is 1. The SMILES string of the molecule is C[C@]1(F)[C@H](n2ccc(N)n/c2=N\O)O[C@@](CO)(N=[N+]=[N-])[C@H]1O. The van der Waals surface area contributed by atoms with Crippen LogP contribution in [0.4, 0.5) is 10.2 Å². The fourth-order valence-corrected chi connectivity index (χ4v) is 2.28. The zero-order valence-corrected chi connectivity index (χ0v) is 11.4. The van der Waals surface area contributed by atoms with Gasteiger partial charge >= 0.3 is 0 Å². The van der Waals surface area contributed by atoms with E-state index in [4.69, 9.17) is 21.2 Å². The third-order valence-corrected chi connectivity index (χ3v) is 3.41.